The number of nitrogens with zero attached hydrogens (tertiary/aromatic N) is 1. The van der Waals surface area contributed by atoms with Crippen molar-refractivity contribution in [2.24, 2.45) is 0 Å². The number of ether oxygens (including phenoxy) is 3. The maximum Gasteiger partial charge on any atom is 0.573 e. The third-order valence-corrected chi connectivity index (χ3v) is 4.61. The van der Waals surface area contributed by atoms with E-state index in [-0.39, 0.29) is 11.4 Å². The molecule has 0 aliphatic carbocycles. The van der Waals surface area contributed by atoms with Gasteiger partial charge in [0.25, 0.3) is 5.91 Å². The maximum atomic E-state index is 13.6. The number of carbonyl (C=O) groups is 1. The van der Waals surface area contributed by atoms with E-state index in [1.165, 1.54) is 12.1 Å². The molecule has 0 aliphatic rings. The number of methoxy groups -OCH3 is 1. The summed E-state index contributed by atoms with van der Waals surface area (Å²) in [7, 11) is 0.972. The van der Waals surface area contributed by atoms with Crippen molar-refractivity contribution in [3.63, 3.8) is 0 Å². The summed E-state index contributed by atoms with van der Waals surface area (Å²) in [6.07, 6.45) is -7.82. The Hall–Kier alpha value is -3.87. The van der Waals surface area contributed by atoms with Crippen LogP contribution in [0, 0.1) is 5.21 Å². The lowest BCUT2D eigenvalue weighted by atomic mass is 10.1. The highest BCUT2D eigenvalue weighted by Gasteiger charge is 2.38. The van der Waals surface area contributed by atoms with Crippen LogP contribution in [0.25, 0.3) is 0 Å². The van der Waals surface area contributed by atoms with Gasteiger partial charge in [0.15, 0.2) is 11.9 Å². The lowest BCUT2D eigenvalue weighted by Crippen LogP contribution is -2.26. The van der Waals surface area contributed by atoms with Crippen LogP contribution in [0.15, 0.2) is 54.9 Å². The van der Waals surface area contributed by atoms with Gasteiger partial charge in [-0.3, -0.25) is 4.79 Å². The third-order valence-electron chi connectivity index (χ3n) is 4.24. The highest BCUT2D eigenvalue weighted by atomic mass is 35.5. The average Bonchev–Trinajstić information content (AvgIpc) is 2.74. The van der Waals surface area contributed by atoms with Crippen molar-refractivity contribution in [1.29, 1.82) is 0 Å². The summed E-state index contributed by atoms with van der Waals surface area (Å²) in [4.78, 5) is 13.0. The highest BCUT2D eigenvalue weighted by Crippen LogP contribution is 2.46. The molecule has 1 amide bonds. The van der Waals surface area contributed by atoms with Crippen molar-refractivity contribution in [1.82, 2.24) is 0 Å². The zero-order valence-electron chi connectivity index (χ0n) is 17.3. The third kappa shape index (κ3) is 6.38. The summed E-state index contributed by atoms with van der Waals surface area (Å²) >= 11 is 5.87. The van der Waals surface area contributed by atoms with Crippen LogP contribution in [-0.2, 0) is 6.18 Å². The van der Waals surface area contributed by atoms with Crippen molar-refractivity contribution < 1.29 is 50.1 Å². The number of hydrogen-bond donors (Lipinski definition) is 1. The van der Waals surface area contributed by atoms with Crippen LogP contribution < -0.4 is 24.3 Å². The summed E-state index contributed by atoms with van der Waals surface area (Å²) in [6.45, 7) is 0. The van der Waals surface area contributed by atoms with Gasteiger partial charge in [-0.25, -0.2) is 0 Å². The quantitative estimate of drug-likeness (QED) is 0.246. The number of halogens is 7. The number of nitrogens with one attached hydrogen (secondary N) is 1. The molecule has 0 spiro atoms. The van der Waals surface area contributed by atoms with Crippen molar-refractivity contribution in [2.75, 3.05) is 12.4 Å². The monoisotopic (exact) mass is 522 g/mol. The number of pyridine rings is 1. The largest absolute Gasteiger partial charge is 0.619 e. The second-order valence-corrected chi connectivity index (χ2v) is 7.05. The molecule has 0 fully saturated rings. The normalized spacial score (nSPS) is 11.7. The van der Waals surface area contributed by atoms with E-state index in [1.54, 1.807) is 0 Å². The van der Waals surface area contributed by atoms with Crippen molar-refractivity contribution in [3.8, 4) is 23.0 Å². The Bertz CT molecular complexity index is 1230. The average molecular weight is 523 g/mol. The maximum absolute atomic E-state index is 13.6. The second kappa shape index (κ2) is 9.78. The van der Waals surface area contributed by atoms with Crippen molar-refractivity contribution in [2.45, 2.75) is 12.5 Å². The second-order valence-electron chi connectivity index (χ2n) is 6.67. The predicted octanol–water partition coefficient (Wildman–Crippen LogP) is 5.94. The minimum absolute atomic E-state index is 0.00910. The smallest absolute Gasteiger partial charge is 0.573 e. The molecule has 1 aromatic heterocycles. The fourth-order valence-corrected chi connectivity index (χ4v) is 3.20. The number of anilines is 1. The van der Waals surface area contributed by atoms with Gasteiger partial charge in [-0.1, -0.05) is 11.6 Å². The highest BCUT2D eigenvalue weighted by molar-refractivity contribution is 6.34. The molecule has 0 radical (unpaired) electrons. The number of alkyl halides is 6. The van der Waals surface area contributed by atoms with E-state index in [2.05, 4.69) is 10.1 Å². The minimum Gasteiger partial charge on any atom is -0.619 e. The van der Waals surface area contributed by atoms with Crippen LogP contribution >= 0.6 is 11.6 Å². The first-order chi connectivity index (χ1) is 16.3. The molecule has 0 unspecified atom stereocenters. The molecule has 2 aromatic carbocycles. The number of aromatic nitrogens is 1. The minimum atomic E-state index is -4.98. The fraction of sp³-hybridized carbons (Fsp3) is 0.143. The Kier molecular flexibility index (Phi) is 7.19. The number of benzene rings is 2. The van der Waals surface area contributed by atoms with Crippen molar-refractivity contribution >= 4 is 23.2 Å². The Morgan fingerprint density at radius 3 is 2.23 bits per heavy atom. The first-order valence-electron chi connectivity index (χ1n) is 9.30. The standard InChI is InChI=1S/C21H13ClF6N2O5/c1-33-18-16(19(31)29-11-3-2-8-30(32)10-11)15(9-14(17(18)22)20(23,24)25)34-12-4-6-13(7-5-12)35-21(26,27)28/h2-10H,1H3,(H,29,31). The van der Waals surface area contributed by atoms with E-state index >= 15 is 0 Å². The van der Waals surface area contributed by atoms with Crippen molar-refractivity contribution in [3.05, 3.63) is 76.2 Å². The van der Waals surface area contributed by atoms with Gasteiger partial charge in [-0.05, 0) is 36.4 Å². The van der Waals surface area contributed by atoms with Gasteiger partial charge in [0.05, 0.1) is 17.7 Å². The summed E-state index contributed by atoms with van der Waals surface area (Å²) in [5.41, 5.74) is -1.97. The number of carbonyl (C=O) groups excluding carboxylic acids is 1. The van der Waals surface area contributed by atoms with Gasteiger partial charge in [0.2, 0.25) is 6.20 Å². The number of hydrogen-bond acceptors (Lipinski definition) is 5. The first kappa shape index (κ1) is 25.7. The molecular weight excluding hydrogens is 510 g/mol. The molecule has 0 saturated heterocycles. The Balaban J connectivity index is 2.07. The lowest BCUT2D eigenvalue weighted by molar-refractivity contribution is -0.604. The molecular formula is C21H13ClF6N2O5. The van der Waals surface area contributed by atoms with Crippen LogP contribution in [0.1, 0.15) is 15.9 Å². The molecule has 0 atom stereocenters. The zero-order chi connectivity index (χ0) is 26.0. The molecule has 186 valence electrons. The summed E-state index contributed by atoms with van der Waals surface area (Å²) < 4.78 is 92.2. The van der Waals surface area contributed by atoms with E-state index in [0.717, 1.165) is 43.8 Å². The molecule has 14 heteroatoms. The van der Waals surface area contributed by atoms with Crippen LogP contribution in [0.2, 0.25) is 5.02 Å². The summed E-state index contributed by atoms with van der Waals surface area (Å²) in [5.74, 6) is -3.25. The van der Waals surface area contributed by atoms with E-state index in [1.807, 2.05) is 0 Å². The van der Waals surface area contributed by atoms with Crippen LogP contribution in [0.3, 0.4) is 0 Å². The lowest BCUT2D eigenvalue weighted by Gasteiger charge is -2.19. The summed E-state index contributed by atoms with van der Waals surface area (Å²) in [5, 5.41) is 12.8. The molecule has 0 bridgehead atoms. The van der Waals surface area contributed by atoms with Gasteiger partial charge in [-0.2, -0.15) is 17.9 Å². The predicted molar refractivity (Wildman–Crippen MR) is 110 cm³/mol. The van der Waals surface area contributed by atoms with Crippen LogP contribution in [0.4, 0.5) is 32.0 Å². The molecule has 7 nitrogen and oxygen atoms in total. The van der Waals surface area contributed by atoms with Gasteiger partial charge >= 0.3 is 12.5 Å². The Morgan fingerprint density at radius 1 is 1.06 bits per heavy atom. The van der Waals surface area contributed by atoms with E-state index < -0.39 is 51.8 Å². The zero-order valence-corrected chi connectivity index (χ0v) is 18.1. The van der Waals surface area contributed by atoms with Gasteiger partial charge in [0, 0.05) is 6.07 Å². The van der Waals surface area contributed by atoms with E-state index in [0.29, 0.717) is 10.8 Å². The molecule has 3 rings (SSSR count). The van der Waals surface area contributed by atoms with Gasteiger partial charge < -0.3 is 24.7 Å². The molecule has 35 heavy (non-hydrogen) atoms. The Labute approximate surface area is 198 Å². The SMILES string of the molecule is COc1c(Cl)c(C(F)(F)F)cc(Oc2ccc(OC(F)(F)F)cc2)c1C(=O)Nc1ccc[n+]([O-])c1. The van der Waals surface area contributed by atoms with Gasteiger partial charge in [0.1, 0.15) is 28.5 Å². The molecule has 0 aliphatic heterocycles. The number of amides is 1. The molecule has 1 heterocycles. The Morgan fingerprint density at radius 2 is 1.69 bits per heavy atom. The molecule has 1 N–H and O–H groups in total. The van der Waals surface area contributed by atoms with Gasteiger partial charge in [-0.15, -0.1) is 13.2 Å². The fourth-order valence-electron chi connectivity index (χ4n) is 2.86. The summed E-state index contributed by atoms with van der Waals surface area (Å²) in [6, 6.07) is 6.77. The first-order valence-corrected chi connectivity index (χ1v) is 9.68. The van der Waals surface area contributed by atoms with Crippen LogP contribution in [-0.4, -0.2) is 19.4 Å². The van der Waals surface area contributed by atoms with E-state index in [4.69, 9.17) is 21.1 Å². The topological polar surface area (TPSA) is 83.7 Å². The van der Waals surface area contributed by atoms with Crippen LogP contribution in [0.5, 0.6) is 23.0 Å². The number of rotatable bonds is 6. The molecule has 3 aromatic rings. The molecule has 0 saturated carbocycles. The van der Waals surface area contributed by atoms with E-state index in [9.17, 15) is 36.3 Å².